The summed E-state index contributed by atoms with van der Waals surface area (Å²) in [6, 6.07) is 47.7. The number of benzene rings is 4. The standard InChI is InChI=1S/C29H43N2.C13H10.C5H5.2ClH.Zr/c1-5-9-17-30(18-10-6-2)26-13-15-28-24(22-26)21-25-23-27(14-16-29(25)28)31(19-11-7-3)20-12-8-4;1-3-7-12(8-4-1)11-13-9-5-2-6-10-13;1-2-4-5-3-1;;;/h13-16,21-23H,5-12,17-20H2,1-4H3;1-10H;1-5H;2*1H;/q-1;;-1;;;+2/p-2. The van der Waals surface area contributed by atoms with Gasteiger partial charge in [0.05, 0.1) is 0 Å². The number of nitrogens with zero attached hydrogens (tertiary/aromatic N) is 2. The average Bonchev–Trinajstić information content (AvgIpc) is 3.87. The molecule has 5 heteroatoms. The van der Waals surface area contributed by atoms with E-state index in [-0.39, 0.29) is 24.8 Å². The van der Waals surface area contributed by atoms with Gasteiger partial charge in [0, 0.05) is 37.6 Å². The van der Waals surface area contributed by atoms with Crippen molar-refractivity contribution in [3.63, 3.8) is 0 Å². The number of halogens is 2. The summed E-state index contributed by atoms with van der Waals surface area (Å²) >= 11 is 1.46. The third-order valence-electron chi connectivity index (χ3n) is 9.21. The van der Waals surface area contributed by atoms with Gasteiger partial charge in [-0.15, -0.1) is 27.6 Å². The van der Waals surface area contributed by atoms with Crippen LogP contribution in [0, 0.1) is 0 Å². The second-order valence-corrected chi connectivity index (χ2v) is 14.4. The maximum Gasteiger partial charge on any atom is -0.172 e. The minimum Gasteiger partial charge on any atom is -0.214 e. The van der Waals surface area contributed by atoms with Gasteiger partial charge in [-0.25, -0.2) is 12.1 Å². The average molecular weight is 813 g/mol. The molecule has 0 aliphatic rings. The van der Waals surface area contributed by atoms with Crippen molar-refractivity contribution in [1.82, 2.24) is 0 Å². The van der Waals surface area contributed by atoms with E-state index in [4.69, 9.17) is 0 Å². The molecule has 0 atom stereocenters. The Morgan fingerprint density at radius 1 is 0.500 bits per heavy atom. The normalized spacial score (nSPS) is 10.3. The van der Waals surface area contributed by atoms with E-state index in [1.165, 1.54) is 123 Å². The van der Waals surface area contributed by atoms with Gasteiger partial charge >= 0.3 is 99.2 Å². The van der Waals surface area contributed by atoms with Gasteiger partial charge in [0.25, 0.3) is 0 Å². The van der Waals surface area contributed by atoms with Crippen molar-refractivity contribution in [2.75, 3.05) is 36.0 Å². The Morgan fingerprint density at radius 3 is 1.17 bits per heavy atom. The fourth-order valence-corrected chi connectivity index (χ4v) is 7.04. The zero-order valence-corrected chi connectivity index (χ0v) is 35.8. The quantitative estimate of drug-likeness (QED) is 0.100. The second-order valence-electron chi connectivity index (χ2n) is 13.1. The van der Waals surface area contributed by atoms with Crippen molar-refractivity contribution in [3.8, 4) is 0 Å². The number of anilines is 2. The fourth-order valence-electron chi connectivity index (χ4n) is 6.22. The van der Waals surface area contributed by atoms with Gasteiger partial charge in [0.15, 0.2) is 0 Å². The predicted molar refractivity (Wildman–Crippen MR) is 219 cm³/mol. The summed E-state index contributed by atoms with van der Waals surface area (Å²) in [5, 5.41) is 5.56. The summed E-state index contributed by atoms with van der Waals surface area (Å²) in [7, 11) is 0. The zero-order chi connectivity index (χ0) is 35.4. The number of hydrogen-bond acceptors (Lipinski definition) is 2. The number of rotatable bonds is 16. The van der Waals surface area contributed by atoms with Crippen molar-refractivity contribution in [2.45, 2.75) is 79.1 Å². The molecule has 0 radical (unpaired) electrons. The Hall–Kier alpha value is -2.97. The summed E-state index contributed by atoms with van der Waals surface area (Å²) in [6.45, 7) is 13.8. The topological polar surface area (TPSA) is 6.48 Å². The zero-order valence-electron chi connectivity index (χ0n) is 31.8. The molecule has 6 aromatic carbocycles. The first kappa shape index (κ1) is 45.2. The second kappa shape index (κ2) is 25.9. The number of unbranched alkanes of at least 4 members (excludes halogenated alkanes) is 4. The number of hydrogen-bond donors (Lipinski definition) is 0. The van der Waals surface area contributed by atoms with Crippen LogP contribution in [0.1, 0.15) is 90.2 Å². The molecular weight excluding hydrogens is 755 g/mol. The van der Waals surface area contributed by atoms with Crippen LogP contribution in [-0.2, 0) is 24.2 Å². The molecule has 0 amide bonds. The van der Waals surface area contributed by atoms with Crippen LogP contribution in [0.25, 0.3) is 21.5 Å². The first-order chi connectivity index (χ1) is 24.6. The van der Waals surface area contributed by atoms with Gasteiger partial charge in [-0.05, 0) is 25.7 Å². The van der Waals surface area contributed by atoms with Gasteiger partial charge in [-0.2, -0.15) is 18.2 Å². The largest absolute Gasteiger partial charge is 0.214 e. The van der Waals surface area contributed by atoms with Crippen LogP contribution in [0.5, 0.6) is 0 Å². The molecule has 0 spiro atoms. The molecule has 52 heavy (non-hydrogen) atoms. The molecule has 0 aromatic heterocycles. The molecule has 0 unspecified atom stereocenters. The van der Waals surface area contributed by atoms with Gasteiger partial charge in [-0.1, -0.05) is 89.8 Å². The van der Waals surface area contributed by atoms with E-state index in [9.17, 15) is 0 Å². The first-order valence-electron chi connectivity index (χ1n) is 19.1. The molecule has 0 saturated heterocycles. The van der Waals surface area contributed by atoms with Crippen LogP contribution in [0.15, 0.2) is 133 Å². The molecule has 2 nitrogen and oxygen atoms in total. The van der Waals surface area contributed by atoms with Gasteiger partial charge < -0.3 is 34.6 Å². The molecule has 0 heterocycles. The van der Waals surface area contributed by atoms with Crippen molar-refractivity contribution >= 4 is 36.1 Å². The molecule has 0 aliphatic carbocycles. The summed E-state index contributed by atoms with van der Waals surface area (Å²) in [5.74, 6) is 0. The SMILES string of the molecule is CCCCN(CCCC)c1ccc2c(c1)[cH-]c1cc(N(CCCC)CCCC)ccc12.[Cl-].[Cl-].[Zr+2]=[C](c1ccccc1)c1ccccc1.c1cc[cH-]c1. The van der Waals surface area contributed by atoms with E-state index in [0.29, 0.717) is 0 Å². The van der Waals surface area contributed by atoms with Crippen molar-refractivity contribution in [1.29, 1.82) is 0 Å². The van der Waals surface area contributed by atoms with Crippen LogP contribution in [0.4, 0.5) is 11.4 Å². The molecule has 0 aliphatic heterocycles. The Kier molecular flexibility index (Phi) is 22.5. The summed E-state index contributed by atoms with van der Waals surface area (Å²) in [5.41, 5.74) is 5.43. The van der Waals surface area contributed by atoms with E-state index in [2.05, 4.69) is 141 Å². The Morgan fingerprint density at radius 2 is 0.865 bits per heavy atom. The van der Waals surface area contributed by atoms with Crippen LogP contribution < -0.4 is 34.6 Å². The molecular formula is C47H58Cl2N2Zr-2. The van der Waals surface area contributed by atoms with E-state index < -0.39 is 0 Å². The van der Waals surface area contributed by atoms with E-state index in [1.807, 2.05) is 30.3 Å². The van der Waals surface area contributed by atoms with E-state index in [1.54, 1.807) is 0 Å². The predicted octanol–water partition coefficient (Wildman–Crippen LogP) is 6.74. The smallest absolute Gasteiger partial charge is 0.172 e. The van der Waals surface area contributed by atoms with Crippen molar-refractivity contribution in [3.05, 3.63) is 145 Å². The van der Waals surface area contributed by atoms with Crippen LogP contribution in [0.2, 0.25) is 0 Å². The maximum absolute atomic E-state index is 2.59. The summed E-state index contributed by atoms with van der Waals surface area (Å²) in [4.78, 5) is 5.18. The van der Waals surface area contributed by atoms with Gasteiger partial charge in [0.2, 0.25) is 0 Å². The summed E-state index contributed by atoms with van der Waals surface area (Å²) < 4.78 is 1.42. The monoisotopic (exact) mass is 810 g/mol. The molecule has 0 saturated carbocycles. The third kappa shape index (κ3) is 14.1. The van der Waals surface area contributed by atoms with Crippen LogP contribution in [0.3, 0.4) is 0 Å². The van der Waals surface area contributed by atoms with Crippen molar-refractivity contribution in [2.24, 2.45) is 0 Å². The number of fused-ring (bicyclic) bond motifs is 3. The maximum atomic E-state index is 2.59. The van der Waals surface area contributed by atoms with Gasteiger partial charge in [0.1, 0.15) is 0 Å². The Bertz CT molecular complexity index is 1630. The fraction of sp³-hybridized carbons (Fsp3) is 0.340. The van der Waals surface area contributed by atoms with Crippen LogP contribution >= 0.6 is 0 Å². The van der Waals surface area contributed by atoms with Crippen LogP contribution in [-0.4, -0.2) is 29.4 Å². The first-order valence-corrected chi connectivity index (χ1v) is 20.3. The summed E-state index contributed by atoms with van der Waals surface area (Å²) in [6.07, 6.45) is 10.1. The minimum absolute atomic E-state index is 0. The van der Waals surface area contributed by atoms with E-state index in [0.717, 1.165) is 26.2 Å². The van der Waals surface area contributed by atoms with Gasteiger partial charge in [-0.3, -0.25) is 0 Å². The van der Waals surface area contributed by atoms with Crippen molar-refractivity contribution < 1.29 is 49.0 Å². The Balaban J connectivity index is 0.000000366. The van der Waals surface area contributed by atoms with E-state index >= 15 is 0 Å². The molecule has 0 N–H and O–H groups in total. The third-order valence-corrected chi connectivity index (χ3v) is 10.6. The molecule has 0 bridgehead atoms. The molecule has 0 fully saturated rings. The molecule has 6 rings (SSSR count). The minimum atomic E-state index is 0. The Labute approximate surface area is 342 Å². The molecule has 6 aromatic rings. The molecule has 276 valence electrons.